The summed E-state index contributed by atoms with van der Waals surface area (Å²) in [6.07, 6.45) is 11.4. The zero-order valence-electron chi connectivity index (χ0n) is 11.6. The first kappa shape index (κ1) is 13.4. The summed E-state index contributed by atoms with van der Waals surface area (Å²) in [7, 11) is 1.86. The normalized spacial score (nSPS) is 39.2. The lowest BCUT2D eigenvalue weighted by molar-refractivity contribution is 0.0576. The quantitative estimate of drug-likeness (QED) is 0.812. The summed E-state index contributed by atoms with van der Waals surface area (Å²) in [5.74, 6) is 1.88. The number of hydrogen-bond acceptors (Lipinski definition) is 2. The van der Waals surface area contributed by atoms with Crippen molar-refractivity contribution >= 4 is 0 Å². The zero-order chi connectivity index (χ0) is 12.1. The van der Waals surface area contributed by atoms with Crippen LogP contribution in [0.5, 0.6) is 0 Å². The van der Waals surface area contributed by atoms with E-state index in [-0.39, 0.29) is 0 Å². The maximum atomic E-state index is 5.49. The molecule has 100 valence electrons. The number of methoxy groups -OCH3 is 1. The number of nitrogens with one attached hydrogen (secondary N) is 1. The van der Waals surface area contributed by atoms with E-state index in [0.29, 0.717) is 12.1 Å². The van der Waals surface area contributed by atoms with Crippen molar-refractivity contribution in [3.63, 3.8) is 0 Å². The molecule has 17 heavy (non-hydrogen) atoms. The molecular formula is C15H29NO. The minimum Gasteiger partial charge on any atom is -0.381 e. The van der Waals surface area contributed by atoms with Crippen molar-refractivity contribution in [3.8, 4) is 0 Å². The van der Waals surface area contributed by atoms with Crippen LogP contribution in [0, 0.1) is 11.8 Å². The second-order valence-electron chi connectivity index (χ2n) is 6.27. The molecule has 4 atom stereocenters. The van der Waals surface area contributed by atoms with Gasteiger partial charge < -0.3 is 10.1 Å². The highest BCUT2D eigenvalue weighted by molar-refractivity contribution is 4.80. The highest BCUT2D eigenvalue weighted by atomic mass is 16.5. The predicted molar refractivity (Wildman–Crippen MR) is 72.2 cm³/mol. The van der Waals surface area contributed by atoms with Gasteiger partial charge in [-0.25, -0.2) is 0 Å². The van der Waals surface area contributed by atoms with Crippen LogP contribution in [0.25, 0.3) is 0 Å². The van der Waals surface area contributed by atoms with E-state index in [4.69, 9.17) is 4.74 Å². The van der Waals surface area contributed by atoms with Crippen LogP contribution in [0.1, 0.15) is 58.3 Å². The molecule has 0 aromatic heterocycles. The second kappa shape index (κ2) is 6.75. The molecule has 0 saturated heterocycles. The largest absolute Gasteiger partial charge is 0.381 e. The van der Waals surface area contributed by atoms with Crippen molar-refractivity contribution in [2.24, 2.45) is 11.8 Å². The minimum atomic E-state index is 0.506. The third-order valence-electron chi connectivity index (χ3n) is 4.70. The zero-order valence-corrected chi connectivity index (χ0v) is 11.6. The van der Waals surface area contributed by atoms with Crippen LogP contribution in [0.3, 0.4) is 0 Å². The highest BCUT2D eigenvalue weighted by Gasteiger charge is 2.23. The molecule has 2 saturated carbocycles. The lowest BCUT2D eigenvalue weighted by Crippen LogP contribution is -2.39. The van der Waals surface area contributed by atoms with Gasteiger partial charge in [0.15, 0.2) is 0 Å². The maximum absolute atomic E-state index is 5.49. The van der Waals surface area contributed by atoms with Crippen LogP contribution in [0.2, 0.25) is 0 Å². The van der Waals surface area contributed by atoms with E-state index in [1.165, 1.54) is 57.9 Å². The molecule has 2 aliphatic carbocycles. The van der Waals surface area contributed by atoms with Crippen LogP contribution in [0.15, 0.2) is 0 Å². The SMILES string of the molecule is COC1CCCC(NCC2CCCC(C)C2)C1. The molecule has 1 N–H and O–H groups in total. The molecule has 2 rings (SSSR count). The highest BCUT2D eigenvalue weighted by Crippen LogP contribution is 2.28. The molecule has 2 nitrogen and oxygen atoms in total. The fourth-order valence-corrected chi connectivity index (χ4v) is 3.62. The van der Waals surface area contributed by atoms with Crippen LogP contribution < -0.4 is 5.32 Å². The Morgan fingerprint density at radius 3 is 2.65 bits per heavy atom. The summed E-state index contributed by atoms with van der Waals surface area (Å²) >= 11 is 0. The van der Waals surface area contributed by atoms with Gasteiger partial charge >= 0.3 is 0 Å². The molecule has 2 aliphatic rings. The van der Waals surface area contributed by atoms with Gasteiger partial charge in [-0.1, -0.05) is 19.8 Å². The number of hydrogen-bond donors (Lipinski definition) is 1. The van der Waals surface area contributed by atoms with Crippen LogP contribution in [-0.2, 0) is 4.74 Å². The Balaban J connectivity index is 1.66. The number of rotatable bonds is 4. The van der Waals surface area contributed by atoms with E-state index in [0.717, 1.165) is 11.8 Å². The first-order valence-corrected chi connectivity index (χ1v) is 7.54. The van der Waals surface area contributed by atoms with E-state index in [1.54, 1.807) is 0 Å². The van der Waals surface area contributed by atoms with Crippen molar-refractivity contribution < 1.29 is 4.74 Å². The van der Waals surface area contributed by atoms with Crippen LogP contribution in [-0.4, -0.2) is 25.8 Å². The Morgan fingerprint density at radius 1 is 1.06 bits per heavy atom. The first-order valence-electron chi connectivity index (χ1n) is 7.54. The van der Waals surface area contributed by atoms with E-state index in [9.17, 15) is 0 Å². The fourth-order valence-electron chi connectivity index (χ4n) is 3.62. The van der Waals surface area contributed by atoms with Gasteiger partial charge in [0, 0.05) is 13.2 Å². The van der Waals surface area contributed by atoms with Crippen molar-refractivity contribution in [3.05, 3.63) is 0 Å². The molecule has 0 aliphatic heterocycles. The molecule has 4 unspecified atom stereocenters. The monoisotopic (exact) mass is 239 g/mol. The summed E-state index contributed by atoms with van der Waals surface area (Å²) in [5.41, 5.74) is 0. The van der Waals surface area contributed by atoms with E-state index in [2.05, 4.69) is 12.2 Å². The fraction of sp³-hybridized carbons (Fsp3) is 1.00. The van der Waals surface area contributed by atoms with Gasteiger partial charge in [-0.3, -0.25) is 0 Å². The molecule has 0 bridgehead atoms. The smallest absolute Gasteiger partial charge is 0.0586 e. The lowest BCUT2D eigenvalue weighted by Gasteiger charge is -2.32. The van der Waals surface area contributed by atoms with E-state index >= 15 is 0 Å². The minimum absolute atomic E-state index is 0.506. The van der Waals surface area contributed by atoms with Crippen LogP contribution in [0.4, 0.5) is 0 Å². The molecule has 2 heteroatoms. The molecule has 0 heterocycles. The predicted octanol–water partition coefficient (Wildman–Crippen LogP) is 3.36. The Labute approximate surface area is 107 Å². The molecule has 0 amide bonds. The summed E-state index contributed by atoms with van der Waals surface area (Å²) in [6.45, 7) is 3.65. The van der Waals surface area contributed by atoms with Crippen LogP contribution >= 0.6 is 0 Å². The standard InChI is InChI=1S/C15H29NO/c1-12-5-3-6-13(9-12)11-16-14-7-4-8-15(10-14)17-2/h12-16H,3-11H2,1-2H3. The molecule has 0 spiro atoms. The molecule has 0 aromatic carbocycles. The van der Waals surface area contributed by atoms with Crippen molar-refractivity contribution in [2.45, 2.75) is 70.4 Å². The summed E-state index contributed by atoms with van der Waals surface area (Å²) in [4.78, 5) is 0. The molecule has 2 fully saturated rings. The molecular weight excluding hydrogens is 210 g/mol. The van der Waals surface area contributed by atoms with E-state index < -0.39 is 0 Å². The topological polar surface area (TPSA) is 21.3 Å². The lowest BCUT2D eigenvalue weighted by atomic mass is 9.82. The van der Waals surface area contributed by atoms with Gasteiger partial charge in [-0.05, 0) is 56.9 Å². The van der Waals surface area contributed by atoms with Gasteiger partial charge in [0.05, 0.1) is 6.10 Å². The maximum Gasteiger partial charge on any atom is 0.0586 e. The van der Waals surface area contributed by atoms with Gasteiger partial charge in [0.2, 0.25) is 0 Å². The Morgan fingerprint density at radius 2 is 1.88 bits per heavy atom. The van der Waals surface area contributed by atoms with Gasteiger partial charge in [0.25, 0.3) is 0 Å². The molecule has 0 radical (unpaired) electrons. The summed E-state index contributed by atoms with van der Waals surface area (Å²) in [6, 6.07) is 0.714. The average Bonchev–Trinajstić information content (AvgIpc) is 2.37. The Bertz CT molecular complexity index is 219. The van der Waals surface area contributed by atoms with Gasteiger partial charge in [-0.15, -0.1) is 0 Å². The Kier molecular flexibility index (Phi) is 5.30. The third kappa shape index (κ3) is 4.26. The second-order valence-corrected chi connectivity index (χ2v) is 6.27. The van der Waals surface area contributed by atoms with E-state index in [1.807, 2.05) is 7.11 Å². The van der Waals surface area contributed by atoms with Gasteiger partial charge in [-0.2, -0.15) is 0 Å². The van der Waals surface area contributed by atoms with Gasteiger partial charge in [0.1, 0.15) is 0 Å². The van der Waals surface area contributed by atoms with Crippen molar-refractivity contribution in [1.82, 2.24) is 5.32 Å². The van der Waals surface area contributed by atoms with Crippen molar-refractivity contribution in [1.29, 1.82) is 0 Å². The molecule has 0 aromatic rings. The summed E-state index contributed by atoms with van der Waals surface area (Å²) < 4.78 is 5.49. The third-order valence-corrected chi connectivity index (χ3v) is 4.70. The number of ether oxygens (including phenoxy) is 1. The average molecular weight is 239 g/mol. The first-order chi connectivity index (χ1) is 8.28. The van der Waals surface area contributed by atoms with Crippen molar-refractivity contribution in [2.75, 3.05) is 13.7 Å². The Hall–Kier alpha value is -0.0800. The summed E-state index contributed by atoms with van der Waals surface area (Å²) in [5, 5.41) is 3.80.